The average Bonchev–Trinajstić information content (AvgIpc) is 2.65. The second-order valence-corrected chi connectivity index (χ2v) is 4.88. The average molecular weight is 212 g/mol. The van der Waals surface area contributed by atoms with E-state index >= 15 is 0 Å². The molecule has 0 spiro atoms. The molecule has 1 heterocycles. The van der Waals surface area contributed by atoms with Crippen LogP contribution < -0.4 is 5.32 Å². The van der Waals surface area contributed by atoms with Gasteiger partial charge in [0.25, 0.3) is 0 Å². The summed E-state index contributed by atoms with van der Waals surface area (Å²) in [6, 6.07) is 1.03. The Bertz CT molecular complexity index is 216. The number of nitrogens with zero attached hydrogens (tertiary/aromatic N) is 1. The third-order valence-corrected chi connectivity index (χ3v) is 3.34. The zero-order valence-electron chi connectivity index (χ0n) is 10.4. The van der Waals surface area contributed by atoms with Crippen molar-refractivity contribution in [2.75, 3.05) is 13.1 Å². The highest BCUT2D eigenvalue weighted by atomic mass is 16.2. The molecule has 1 saturated heterocycles. The van der Waals surface area contributed by atoms with Crippen LogP contribution >= 0.6 is 0 Å². The molecule has 2 atom stereocenters. The minimum absolute atomic E-state index is 0.288. The quantitative estimate of drug-likeness (QED) is 0.768. The molecule has 0 aromatic carbocycles. The summed E-state index contributed by atoms with van der Waals surface area (Å²) in [6.07, 6.45) is 1.73. The van der Waals surface area contributed by atoms with Gasteiger partial charge in [-0.3, -0.25) is 4.79 Å². The van der Waals surface area contributed by atoms with Crippen LogP contribution in [0.5, 0.6) is 0 Å². The lowest BCUT2D eigenvalue weighted by atomic mass is 10.1. The summed E-state index contributed by atoms with van der Waals surface area (Å²) in [7, 11) is 0. The number of nitrogens with one attached hydrogen (secondary N) is 1. The molecule has 0 aliphatic carbocycles. The number of amides is 1. The van der Waals surface area contributed by atoms with E-state index in [9.17, 15) is 4.79 Å². The number of rotatable bonds is 4. The van der Waals surface area contributed by atoms with Gasteiger partial charge in [0.2, 0.25) is 5.91 Å². The fourth-order valence-corrected chi connectivity index (χ4v) is 1.91. The zero-order chi connectivity index (χ0) is 11.4. The molecular weight excluding hydrogens is 188 g/mol. The molecular formula is C12H24N2O. The number of carbonyl (C=O) groups excluding carboxylic acids is 1. The normalized spacial score (nSPS) is 23.5. The van der Waals surface area contributed by atoms with Gasteiger partial charge in [0.05, 0.1) is 0 Å². The maximum Gasteiger partial charge on any atom is 0.222 e. The van der Waals surface area contributed by atoms with Crippen LogP contribution in [0.25, 0.3) is 0 Å². The molecule has 3 heteroatoms. The number of likely N-dealkylation sites (tertiary alicyclic amines) is 1. The Morgan fingerprint density at radius 3 is 2.67 bits per heavy atom. The SMILES string of the molecule is CCC(=O)N1CCC(NC(C)C(C)C)C1. The van der Waals surface area contributed by atoms with Crippen molar-refractivity contribution in [2.24, 2.45) is 5.92 Å². The monoisotopic (exact) mass is 212 g/mol. The summed E-state index contributed by atoms with van der Waals surface area (Å²) in [5.74, 6) is 0.942. The number of carbonyl (C=O) groups is 1. The van der Waals surface area contributed by atoms with Gasteiger partial charge in [-0.1, -0.05) is 20.8 Å². The molecule has 1 aliphatic heterocycles. The molecule has 1 amide bonds. The molecule has 1 aliphatic rings. The highest BCUT2D eigenvalue weighted by molar-refractivity contribution is 5.76. The minimum atomic E-state index is 0.288. The Hall–Kier alpha value is -0.570. The van der Waals surface area contributed by atoms with Gasteiger partial charge < -0.3 is 10.2 Å². The van der Waals surface area contributed by atoms with Crippen molar-refractivity contribution in [3.8, 4) is 0 Å². The lowest BCUT2D eigenvalue weighted by Gasteiger charge is -2.22. The fourth-order valence-electron chi connectivity index (χ4n) is 1.91. The molecule has 88 valence electrons. The highest BCUT2D eigenvalue weighted by Crippen LogP contribution is 2.12. The molecule has 0 bridgehead atoms. The summed E-state index contributed by atoms with van der Waals surface area (Å²) in [6.45, 7) is 10.4. The van der Waals surface area contributed by atoms with Gasteiger partial charge in [0.1, 0.15) is 0 Å². The van der Waals surface area contributed by atoms with Crippen molar-refractivity contribution < 1.29 is 4.79 Å². The topological polar surface area (TPSA) is 32.3 Å². The first kappa shape index (κ1) is 12.5. The van der Waals surface area contributed by atoms with Gasteiger partial charge in [0.15, 0.2) is 0 Å². The van der Waals surface area contributed by atoms with Crippen LogP contribution in [0.4, 0.5) is 0 Å². The van der Waals surface area contributed by atoms with Crippen LogP contribution in [0.3, 0.4) is 0 Å². The van der Waals surface area contributed by atoms with Crippen LogP contribution in [0.15, 0.2) is 0 Å². The Labute approximate surface area is 93.2 Å². The number of hydrogen-bond acceptors (Lipinski definition) is 2. The van der Waals surface area contributed by atoms with E-state index in [-0.39, 0.29) is 5.91 Å². The van der Waals surface area contributed by atoms with Crippen molar-refractivity contribution in [1.29, 1.82) is 0 Å². The molecule has 1 N–H and O–H groups in total. The van der Waals surface area contributed by atoms with E-state index in [1.54, 1.807) is 0 Å². The first-order valence-corrected chi connectivity index (χ1v) is 6.08. The van der Waals surface area contributed by atoms with E-state index in [0.29, 0.717) is 24.4 Å². The second kappa shape index (κ2) is 5.50. The molecule has 0 saturated carbocycles. The van der Waals surface area contributed by atoms with Crippen molar-refractivity contribution in [2.45, 2.75) is 52.6 Å². The fraction of sp³-hybridized carbons (Fsp3) is 0.917. The summed E-state index contributed by atoms with van der Waals surface area (Å²) in [5, 5.41) is 3.59. The van der Waals surface area contributed by atoms with Gasteiger partial charge in [-0.2, -0.15) is 0 Å². The van der Waals surface area contributed by atoms with Crippen LogP contribution in [-0.2, 0) is 4.79 Å². The van der Waals surface area contributed by atoms with Gasteiger partial charge in [-0.15, -0.1) is 0 Å². The zero-order valence-corrected chi connectivity index (χ0v) is 10.4. The van der Waals surface area contributed by atoms with E-state index in [0.717, 1.165) is 19.5 Å². The van der Waals surface area contributed by atoms with E-state index in [1.807, 2.05) is 11.8 Å². The molecule has 3 nitrogen and oxygen atoms in total. The molecule has 2 unspecified atom stereocenters. The molecule has 1 rings (SSSR count). The largest absolute Gasteiger partial charge is 0.341 e. The maximum atomic E-state index is 11.5. The molecule has 0 aromatic rings. The first-order chi connectivity index (χ1) is 7.04. The Balaban J connectivity index is 2.33. The van der Waals surface area contributed by atoms with E-state index in [1.165, 1.54) is 0 Å². The minimum Gasteiger partial charge on any atom is -0.341 e. The highest BCUT2D eigenvalue weighted by Gasteiger charge is 2.26. The van der Waals surface area contributed by atoms with E-state index < -0.39 is 0 Å². The third-order valence-electron chi connectivity index (χ3n) is 3.34. The van der Waals surface area contributed by atoms with Crippen LogP contribution in [0.1, 0.15) is 40.5 Å². The van der Waals surface area contributed by atoms with Crippen LogP contribution in [0, 0.1) is 5.92 Å². The van der Waals surface area contributed by atoms with E-state index in [2.05, 4.69) is 26.1 Å². The van der Waals surface area contributed by atoms with Crippen molar-refractivity contribution in [3.05, 3.63) is 0 Å². The van der Waals surface area contributed by atoms with Crippen LogP contribution in [-0.4, -0.2) is 36.0 Å². The molecule has 1 fully saturated rings. The van der Waals surface area contributed by atoms with Crippen molar-refractivity contribution >= 4 is 5.91 Å². The van der Waals surface area contributed by atoms with Crippen LogP contribution in [0.2, 0.25) is 0 Å². The standard InChI is InChI=1S/C12H24N2O/c1-5-12(15)14-7-6-11(8-14)13-10(4)9(2)3/h9-11,13H,5-8H2,1-4H3. The maximum absolute atomic E-state index is 11.5. The van der Waals surface area contributed by atoms with E-state index in [4.69, 9.17) is 0 Å². The van der Waals surface area contributed by atoms with Gasteiger partial charge >= 0.3 is 0 Å². The Morgan fingerprint density at radius 1 is 1.47 bits per heavy atom. The smallest absolute Gasteiger partial charge is 0.222 e. The summed E-state index contributed by atoms with van der Waals surface area (Å²) in [4.78, 5) is 13.5. The summed E-state index contributed by atoms with van der Waals surface area (Å²) >= 11 is 0. The molecule has 15 heavy (non-hydrogen) atoms. The Kier molecular flexibility index (Phi) is 4.58. The number of hydrogen-bond donors (Lipinski definition) is 1. The molecule has 0 radical (unpaired) electrons. The Morgan fingerprint density at radius 2 is 2.13 bits per heavy atom. The van der Waals surface area contributed by atoms with Crippen molar-refractivity contribution in [1.82, 2.24) is 10.2 Å². The predicted molar refractivity (Wildman–Crippen MR) is 62.7 cm³/mol. The summed E-state index contributed by atoms with van der Waals surface area (Å²) in [5.41, 5.74) is 0. The predicted octanol–water partition coefficient (Wildman–Crippen LogP) is 1.63. The molecule has 0 aromatic heterocycles. The third kappa shape index (κ3) is 3.49. The van der Waals surface area contributed by atoms with Gasteiger partial charge in [-0.05, 0) is 19.3 Å². The first-order valence-electron chi connectivity index (χ1n) is 6.08. The lowest BCUT2D eigenvalue weighted by molar-refractivity contribution is -0.129. The summed E-state index contributed by atoms with van der Waals surface area (Å²) < 4.78 is 0. The van der Waals surface area contributed by atoms with Crippen molar-refractivity contribution in [3.63, 3.8) is 0 Å². The lowest BCUT2D eigenvalue weighted by Crippen LogP contribution is -2.41. The van der Waals surface area contributed by atoms with Gasteiger partial charge in [-0.25, -0.2) is 0 Å². The van der Waals surface area contributed by atoms with Gasteiger partial charge in [0, 0.05) is 31.6 Å². The second-order valence-electron chi connectivity index (χ2n) is 4.88.